The van der Waals surface area contributed by atoms with Gasteiger partial charge in [-0.1, -0.05) is 25.0 Å². The summed E-state index contributed by atoms with van der Waals surface area (Å²) in [5, 5.41) is 11.8. The molecule has 0 aliphatic heterocycles. The molecule has 18 heavy (non-hydrogen) atoms. The molecule has 1 saturated carbocycles. The van der Waals surface area contributed by atoms with Crippen LogP contribution < -0.4 is 5.32 Å². The Kier molecular flexibility index (Phi) is 4.14. The van der Waals surface area contributed by atoms with Crippen LogP contribution in [0.3, 0.4) is 0 Å². The summed E-state index contributed by atoms with van der Waals surface area (Å²) in [4.78, 5) is 11.7. The van der Waals surface area contributed by atoms with E-state index in [0.29, 0.717) is 11.6 Å². The third kappa shape index (κ3) is 3.46. The van der Waals surface area contributed by atoms with Gasteiger partial charge in [0, 0.05) is 12.1 Å². The molecule has 1 aromatic carbocycles. The number of nitrogens with zero attached hydrogens (tertiary/aromatic N) is 1. The standard InChI is InChI=1S/C15H16N2O/c16-11-13-5-3-4-12(10-13)8-9-15(18)17-14-6-1-2-7-14/h3-5,8-10,14H,1-2,6-7H2,(H,17,18)/b9-8-. The maximum atomic E-state index is 11.7. The fourth-order valence-electron chi connectivity index (χ4n) is 2.20. The second-order valence-electron chi connectivity index (χ2n) is 4.56. The Labute approximate surface area is 107 Å². The van der Waals surface area contributed by atoms with Gasteiger partial charge in [-0.2, -0.15) is 5.26 Å². The molecule has 1 amide bonds. The van der Waals surface area contributed by atoms with Crippen molar-refractivity contribution in [2.45, 2.75) is 31.7 Å². The Morgan fingerprint density at radius 2 is 2.17 bits per heavy atom. The molecule has 0 heterocycles. The third-order valence-corrected chi connectivity index (χ3v) is 3.14. The van der Waals surface area contributed by atoms with Gasteiger partial charge in [0.1, 0.15) is 0 Å². The Morgan fingerprint density at radius 3 is 2.89 bits per heavy atom. The van der Waals surface area contributed by atoms with Crippen molar-refractivity contribution < 1.29 is 4.79 Å². The summed E-state index contributed by atoms with van der Waals surface area (Å²) in [5.74, 6) is -0.0516. The Balaban J connectivity index is 1.93. The molecule has 1 aromatic rings. The molecule has 0 spiro atoms. The first-order valence-electron chi connectivity index (χ1n) is 6.26. The molecule has 0 atom stereocenters. The molecule has 0 radical (unpaired) electrons. The van der Waals surface area contributed by atoms with E-state index < -0.39 is 0 Å². The topological polar surface area (TPSA) is 52.9 Å². The van der Waals surface area contributed by atoms with Crippen LogP contribution in [0, 0.1) is 11.3 Å². The van der Waals surface area contributed by atoms with Crippen LogP contribution in [0.15, 0.2) is 30.3 Å². The van der Waals surface area contributed by atoms with Gasteiger partial charge in [0.15, 0.2) is 0 Å². The predicted molar refractivity (Wildman–Crippen MR) is 70.6 cm³/mol. The summed E-state index contributed by atoms with van der Waals surface area (Å²) in [7, 11) is 0. The molecule has 2 rings (SSSR count). The molecule has 1 aliphatic carbocycles. The Bertz CT molecular complexity index is 493. The van der Waals surface area contributed by atoms with E-state index >= 15 is 0 Å². The van der Waals surface area contributed by atoms with Crippen LogP contribution in [0.1, 0.15) is 36.8 Å². The number of nitriles is 1. The van der Waals surface area contributed by atoms with Gasteiger partial charge in [-0.15, -0.1) is 0 Å². The average molecular weight is 240 g/mol. The van der Waals surface area contributed by atoms with E-state index in [4.69, 9.17) is 5.26 Å². The molecule has 0 bridgehead atoms. The van der Waals surface area contributed by atoms with Crippen molar-refractivity contribution in [1.29, 1.82) is 5.26 Å². The number of carbonyl (C=O) groups excluding carboxylic acids is 1. The zero-order chi connectivity index (χ0) is 12.8. The molecule has 92 valence electrons. The first kappa shape index (κ1) is 12.4. The lowest BCUT2D eigenvalue weighted by molar-refractivity contribution is -0.117. The lowest BCUT2D eigenvalue weighted by atomic mass is 10.1. The highest BCUT2D eigenvalue weighted by Gasteiger charge is 2.15. The van der Waals surface area contributed by atoms with Gasteiger partial charge in [0.05, 0.1) is 11.6 Å². The normalized spacial score (nSPS) is 15.7. The molecule has 1 fully saturated rings. The molecule has 3 heteroatoms. The summed E-state index contributed by atoms with van der Waals surface area (Å²) in [6, 6.07) is 9.62. The predicted octanol–water partition coefficient (Wildman–Crippen LogP) is 2.63. The summed E-state index contributed by atoms with van der Waals surface area (Å²) in [6.07, 6.45) is 7.87. The van der Waals surface area contributed by atoms with Crippen LogP contribution in [0.4, 0.5) is 0 Å². The van der Waals surface area contributed by atoms with Crippen LogP contribution in [-0.4, -0.2) is 11.9 Å². The van der Waals surface area contributed by atoms with E-state index in [1.165, 1.54) is 18.9 Å². The first-order valence-corrected chi connectivity index (χ1v) is 6.26. The molecule has 1 aliphatic rings. The first-order chi connectivity index (χ1) is 8.78. The van der Waals surface area contributed by atoms with E-state index in [1.54, 1.807) is 18.2 Å². The monoisotopic (exact) mass is 240 g/mol. The van der Waals surface area contributed by atoms with E-state index in [1.807, 2.05) is 12.1 Å². The van der Waals surface area contributed by atoms with E-state index in [2.05, 4.69) is 11.4 Å². The maximum Gasteiger partial charge on any atom is 0.244 e. The summed E-state index contributed by atoms with van der Waals surface area (Å²) < 4.78 is 0. The molecular formula is C15H16N2O. The molecule has 0 saturated heterocycles. The van der Waals surface area contributed by atoms with Crippen LogP contribution in [0.5, 0.6) is 0 Å². The molecule has 1 N–H and O–H groups in total. The zero-order valence-electron chi connectivity index (χ0n) is 10.2. The number of amides is 1. The van der Waals surface area contributed by atoms with E-state index in [-0.39, 0.29) is 5.91 Å². The van der Waals surface area contributed by atoms with Crippen LogP contribution in [0.2, 0.25) is 0 Å². The smallest absolute Gasteiger partial charge is 0.244 e. The second kappa shape index (κ2) is 6.02. The average Bonchev–Trinajstić information content (AvgIpc) is 2.89. The van der Waals surface area contributed by atoms with Crippen molar-refractivity contribution in [2.24, 2.45) is 0 Å². The third-order valence-electron chi connectivity index (χ3n) is 3.14. The van der Waals surface area contributed by atoms with Gasteiger partial charge in [-0.25, -0.2) is 0 Å². The van der Waals surface area contributed by atoms with Gasteiger partial charge in [0.2, 0.25) is 5.91 Å². The molecule has 0 aromatic heterocycles. The number of benzene rings is 1. The van der Waals surface area contributed by atoms with Crippen LogP contribution in [-0.2, 0) is 4.79 Å². The highest BCUT2D eigenvalue weighted by Crippen LogP contribution is 2.17. The molecular weight excluding hydrogens is 224 g/mol. The van der Waals surface area contributed by atoms with Crippen molar-refractivity contribution in [3.8, 4) is 6.07 Å². The summed E-state index contributed by atoms with van der Waals surface area (Å²) >= 11 is 0. The number of rotatable bonds is 3. The summed E-state index contributed by atoms with van der Waals surface area (Å²) in [6.45, 7) is 0. The van der Waals surface area contributed by atoms with Gasteiger partial charge in [0.25, 0.3) is 0 Å². The minimum Gasteiger partial charge on any atom is -0.350 e. The molecule has 0 unspecified atom stereocenters. The highest BCUT2D eigenvalue weighted by atomic mass is 16.1. The minimum absolute atomic E-state index is 0.0516. The van der Waals surface area contributed by atoms with Crippen molar-refractivity contribution in [2.75, 3.05) is 0 Å². The van der Waals surface area contributed by atoms with Gasteiger partial charge >= 0.3 is 0 Å². The van der Waals surface area contributed by atoms with E-state index in [0.717, 1.165) is 18.4 Å². The van der Waals surface area contributed by atoms with Crippen LogP contribution >= 0.6 is 0 Å². The number of nitrogens with one attached hydrogen (secondary N) is 1. The number of hydrogen-bond donors (Lipinski definition) is 1. The fourth-order valence-corrected chi connectivity index (χ4v) is 2.20. The number of carbonyl (C=O) groups is 1. The fraction of sp³-hybridized carbons (Fsp3) is 0.333. The quantitative estimate of drug-likeness (QED) is 0.826. The molecule has 3 nitrogen and oxygen atoms in total. The Hall–Kier alpha value is -2.08. The van der Waals surface area contributed by atoms with Crippen molar-refractivity contribution in [1.82, 2.24) is 5.32 Å². The number of hydrogen-bond acceptors (Lipinski definition) is 2. The van der Waals surface area contributed by atoms with Crippen LogP contribution in [0.25, 0.3) is 6.08 Å². The largest absolute Gasteiger partial charge is 0.350 e. The zero-order valence-corrected chi connectivity index (χ0v) is 10.2. The van der Waals surface area contributed by atoms with Crippen molar-refractivity contribution in [3.05, 3.63) is 41.5 Å². The SMILES string of the molecule is N#Cc1cccc(/C=C\C(=O)NC2CCCC2)c1. The highest BCUT2D eigenvalue weighted by molar-refractivity contribution is 5.91. The van der Waals surface area contributed by atoms with Crippen molar-refractivity contribution >= 4 is 12.0 Å². The van der Waals surface area contributed by atoms with Gasteiger partial charge in [-0.3, -0.25) is 4.79 Å². The second-order valence-corrected chi connectivity index (χ2v) is 4.56. The van der Waals surface area contributed by atoms with Crippen molar-refractivity contribution in [3.63, 3.8) is 0 Å². The maximum absolute atomic E-state index is 11.7. The summed E-state index contributed by atoms with van der Waals surface area (Å²) in [5.41, 5.74) is 1.48. The Morgan fingerprint density at radius 1 is 1.39 bits per heavy atom. The lowest BCUT2D eigenvalue weighted by Crippen LogP contribution is -2.30. The minimum atomic E-state index is -0.0516. The van der Waals surface area contributed by atoms with E-state index in [9.17, 15) is 4.79 Å². The van der Waals surface area contributed by atoms with Gasteiger partial charge < -0.3 is 5.32 Å². The van der Waals surface area contributed by atoms with Gasteiger partial charge in [-0.05, 0) is 36.6 Å². The lowest BCUT2D eigenvalue weighted by Gasteiger charge is -2.08.